The van der Waals surface area contributed by atoms with Crippen LogP contribution in [0.3, 0.4) is 0 Å². The van der Waals surface area contributed by atoms with Gasteiger partial charge < -0.3 is 9.64 Å². The summed E-state index contributed by atoms with van der Waals surface area (Å²) in [6.45, 7) is 3.06. The Morgan fingerprint density at radius 3 is 2.45 bits per heavy atom. The van der Waals surface area contributed by atoms with Gasteiger partial charge in [0.05, 0.1) is 30.7 Å². The van der Waals surface area contributed by atoms with Crippen LogP contribution in [0.2, 0.25) is 5.02 Å². The molecule has 2 aliphatic rings. The topological polar surface area (TPSA) is 66.9 Å². The second-order valence-electron chi connectivity index (χ2n) is 7.40. The second-order valence-corrected chi connectivity index (χ2v) is 9.96. The summed E-state index contributed by atoms with van der Waals surface area (Å²) in [5.41, 5.74) is 1.59. The van der Waals surface area contributed by atoms with Crippen LogP contribution in [0.25, 0.3) is 0 Å². The Bertz CT molecular complexity index is 1010. The van der Waals surface area contributed by atoms with E-state index in [4.69, 9.17) is 16.3 Å². The van der Waals surface area contributed by atoms with Gasteiger partial charge in [-0.15, -0.1) is 0 Å². The summed E-state index contributed by atoms with van der Waals surface area (Å²) < 4.78 is 30.4. The first kappa shape index (κ1) is 20.2. The number of sulfone groups is 1. The van der Waals surface area contributed by atoms with Crippen molar-refractivity contribution in [3.05, 3.63) is 59.1 Å². The van der Waals surface area contributed by atoms with Gasteiger partial charge in [-0.25, -0.2) is 8.42 Å². The number of rotatable bonds is 5. The van der Waals surface area contributed by atoms with Gasteiger partial charge in [-0.05, 0) is 42.8 Å². The summed E-state index contributed by atoms with van der Waals surface area (Å²) >= 11 is 6.29. The highest BCUT2D eigenvalue weighted by Gasteiger charge is 2.49. The molecule has 0 bridgehead atoms. The van der Waals surface area contributed by atoms with Crippen LogP contribution in [0.4, 0.5) is 5.69 Å². The van der Waals surface area contributed by atoms with Crippen LogP contribution in [0.5, 0.6) is 5.75 Å². The molecule has 0 unspecified atom stereocenters. The van der Waals surface area contributed by atoms with Crippen LogP contribution in [0.1, 0.15) is 12.5 Å². The molecular formula is C21H23ClN2O4S. The molecule has 2 aromatic carbocycles. The van der Waals surface area contributed by atoms with Crippen LogP contribution in [-0.2, 0) is 21.2 Å². The predicted octanol–water partition coefficient (Wildman–Crippen LogP) is 2.75. The highest BCUT2D eigenvalue weighted by atomic mass is 35.5. The highest BCUT2D eigenvalue weighted by Crippen LogP contribution is 2.33. The van der Waals surface area contributed by atoms with Crippen molar-refractivity contribution in [2.45, 2.75) is 25.6 Å². The standard InChI is InChI=1S/C21H23ClN2O4S/c1-2-28-17-9-7-16(8-10-17)24-20-14-29(26,27)13-19(20)23(12-21(24)25)11-15-5-3-4-6-18(15)22/h3-10,19-20H,2,11-14H2,1H3/t19-,20+/m0/s1. The molecule has 2 saturated heterocycles. The molecule has 0 radical (unpaired) electrons. The average Bonchev–Trinajstić information content (AvgIpc) is 3.00. The Labute approximate surface area is 175 Å². The zero-order chi connectivity index (χ0) is 20.6. The summed E-state index contributed by atoms with van der Waals surface area (Å²) in [4.78, 5) is 16.7. The molecule has 0 spiro atoms. The van der Waals surface area contributed by atoms with Gasteiger partial charge in [-0.2, -0.15) is 0 Å². The van der Waals surface area contributed by atoms with Crippen LogP contribution in [0, 0.1) is 0 Å². The summed E-state index contributed by atoms with van der Waals surface area (Å²) in [7, 11) is -3.24. The predicted molar refractivity (Wildman–Crippen MR) is 113 cm³/mol. The van der Waals surface area contributed by atoms with Crippen LogP contribution in [0.15, 0.2) is 48.5 Å². The lowest BCUT2D eigenvalue weighted by molar-refractivity contribution is -0.123. The minimum absolute atomic E-state index is 0.0321. The number of nitrogens with zero attached hydrogens (tertiary/aromatic N) is 2. The molecule has 4 rings (SSSR count). The first-order valence-electron chi connectivity index (χ1n) is 9.61. The molecule has 8 heteroatoms. The number of anilines is 1. The van der Waals surface area contributed by atoms with Crippen LogP contribution in [-0.4, -0.2) is 56.0 Å². The molecule has 154 valence electrons. The van der Waals surface area contributed by atoms with Crippen LogP contribution < -0.4 is 9.64 Å². The smallest absolute Gasteiger partial charge is 0.241 e. The molecule has 1 amide bonds. The summed E-state index contributed by atoms with van der Waals surface area (Å²) in [6, 6.07) is 14.0. The third kappa shape index (κ3) is 4.13. The molecule has 0 aliphatic carbocycles. The van der Waals surface area contributed by atoms with E-state index in [1.54, 1.807) is 23.1 Å². The van der Waals surface area contributed by atoms with Crippen molar-refractivity contribution >= 4 is 33.0 Å². The van der Waals surface area contributed by atoms with E-state index in [0.717, 1.165) is 11.3 Å². The molecular weight excluding hydrogens is 412 g/mol. The van der Waals surface area contributed by atoms with Gasteiger partial charge >= 0.3 is 0 Å². The Kier molecular flexibility index (Phi) is 5.55. The Balaban J connectivity index is 1.64. The van der Waals surface area contributed by atoms with E-state index in [9.17, 15) is 13.2 Å². The SMILES string of the molecule is CCOc1ccc(N2C(=O)CN(Cc3ccccc3Cl)[C@H]3CS(=O)(=O)C[C@H]32)cc1. The zero-order valence-electron chi connectivity index (χ0n) is 16.1. The minimum Gasteiger partial charge on any atom is -0.494 e. The minimum atomic E-state index is -3.24. The van der Waals surface area contributed by atoms with E-state index >= 15 is 0 Å². The van der Waals surface area contributed by atoms with Crippen molar-refractivity contribution in [1.29, 1.82) is 0 Å². The van der Waals surface area contributed by atoms with Crippen molar-refractivity contribution in [3.63, 3.8) is 0 Å². The van der Waals surface area contributed by atoms with Crippen molar-refractivity contribution in [1.82, 2.24) is 4.90 Å². The molecule has 2 aromatic rings. The van der Waals surface area contributed by atoms with Crippen molar-refractivity contribution in [2.24, 2.45) is 0 Å². The molecule has 2 aliphatic heterocycles. The summed E-state index contributed by atoms with van der Waals surface area (Å²) in [5.74, 6) is 0.620. The van der Waals surface area contributed by atoms with E-state index in [0.29, 0.717) is 23.9 Å². The Morgan fingerprint density at radius 2 is 1.76 bits per heavy atom. The fourth-order valence-corrected chi connectivity index (χ4v) is 6.36. The van der Waals surface area contributed by atoms with E-state index in [-0.39, 0.29) is 30.0 Å². The van der Waals surface area contributed by atoms with Crippen LogP contribution >= 0.6 is 11.6 Å². The number of fused-ring (bicyclic) bond motifs is 1. The van der Waals surface area contributed by atoms with Crippen molar-refractivity contribution in [2.75, 3.05) is 29.6 Å². The maximum absolute atomic E-state index is 13.1. The number of amides is 1. The number of hydrogen-bond acceptors (Lipinski definition) is 5. The first-order valence-corrected chi connectivity index (χ1v) is 11.8. The number of halogens is 1. The summed E-state index contributed by atoms with van der Waals surface area (Å²) in [6.07, 6.45) is 0. The molecule has 6 nitrogen and oxygen atoms in total. The summed E-state index contributed by atoms with van der Waals surface area (Å²) in [5, 5.41) is 0.617. The third-order valence-corrected chi connectivity index (χ3v) is 7.53. The van der Waals surface area contributed by atoms with Gasteiger partial charge in [0.2, 0.25) is 5.91 Å². The van der Waals surface area contributed by atoms with Gasteiger partial charge in [0.1, 0.15) is 5.75 Å². The quantitative estimate of drug-likeness (QED) is 0.723. The molecule has 0 N–H and O–H groups in total. The lowest BCUT2D eigenvalue weighted by Gasteiger charge is -2.43. The number of piperazine rings is 1. The monoisotopic (exact) mass is 434 g/mol. The normalized spacial score (nSPS) is 23.8. The number of carbonyl (C=O) groups excluding carboxylic acids is 1. The van der Waals surface area contributed by atoms with Gasteiger partial charge in [-0.1, -0.05) is 29.8 Å². The zero-order valence-corrected chi connectivity index (χ0v) is 17.7. The first-order chi connectivity index (χ1) is 13.9. The molecule has 2 atom stereocenters. The van der Waals surface area contributed by atoms with Crippen molar-refractivity contribution in [3.8, 4) is 5.75 Å². The highest BCUT2D eigenvalue weighted by molar-refractivity contribution is 7.91. The van der Waals surface area contributed by atoms with E-state index in [2.05, 4.69) is 0 Å². The maximum atomic E-state index is 13.1. The molecule has 0 saturated carbocycles. The van der Waals surface area contributed by atoms with Gasteiger partial charge in [0.25, 0.3) is 0 Å². The van der Waals surface area contributed by atoms with Gasteiger partial charge in [0.15, 0.2) is 9.84 Å². The molecule has 2 heterocycles. The second kappa shape index (κ2) is 7.97. The molecule has 0 aromatic heterocycles. The molecule has 2 fully saturated rings. The fraction of sp³-hybridized carbons (Fsp3) is 0.381. The molecule has 29 heavy (non-hydrogen) atoms. The van der Waals surface area contributed by atoms with Gasteiger partial charge in [-0.3, -0.25) is 9.69 Å². The number of hydrogen-bond donors (Lipinski definition) is 0. The van der Waals surface area contributed by atoms with Gasteiger partial charge in [0, 0.05) is 23.3 Å². The lowest BCUT2D eigenvalue weighted by atomic mass is 10.0. The maximum Gasteiger partial charge on any atom is 0.241 e. The van der Waals surface area contributed by atoms with E-state index in [1.807, 2.05) is 42.2 Å². The van der Waals surface area contributed by atoms with E-state index < -0.39 is 15.9 Å². The average molecular weight is 435 g/mol. The third-order valence-electron chi connectivity index (χ3n) is 5.46. The fourth-order valence-electron chi connectivity index (χ4n) is 4.18. The number of ether oxygens (including phenoxy) is 1. The number of carbonyl (C=O) groups is 1. The number of benzene rings is 2. The largest absolute Gasteiger partial charge is 0.494 e. The Hall–Kier alpha value is -2.09. The lowest BCUT2D eigenvalue weighted by Crippen LogP contribution is -2.61. The van der Waals surface area contributed by atoms with E-state index in [1.165, 1.54) is 0 Å². The van der Waals surface area contributed by atoms with Crippen molar-refractivity contribution < 1.29 is 17.9 Å². The Morgan fingerprint density at radius 1 is 1.07 bits per heavy atom.